The number of thioether (sulfide) groups is 1. The second-order valence-electron chi connectivity index (χ2n) is 6.97. The molecular weight excluding hydrogens is 675 g/mol. The Labute approximate surface area is 254 Å². The molecule has 0 bridgehead atoms. The number of alkyl halides is 6. The minimum atomic E-state index is -5.84. The Morgan fingerprint density at radius 3 is 1.40 bits per heavy atom. The SMILES string of the molecule is C.C.CC[C@H](C)C(=O)O.CC[C@H](C)C1=[S+]CCCS1.O=S(=O)(O)C(F)(F)F.O=S(=O)(O)C(F)(F)F.SCCCS. The average molecular weight is 718 g/mol. The number of halogens is 6. The highest BCUT2D eigenvalue weighted by Crippen LogP contribution is 2.21. The van der Waals surface area contributed by atoms with Crippen LogP contribution < -0.4 is 0 Å². The summed E-state index contributed by atoms with van der Waals surface area (Å²) in [6, 6.07) is 0. The number of thiol groups is 2. The standard InChI is InChI=1S/C8H15S2.C5H10O2.C3H8S2.2CHF3O3S.2CH4/c1-3-7(2)8-9-5-4-6-10-8;1-3-4(2)5(6)7;4-2-1-3-5;2*2-1(3,4)8(5,6)7;;/h7H,3-6H2,1-2H3;4H,3H2,1-2H3,(H,6,7);4-5H,1-3H2;2*(H,5,6,7);2*1H4/q+1;;;;;;/t7-;4-;;;;;/m00...../s1. The highest BCUT2D eigenvalue weighted by Gasteiger charge is 2.45. The molecule has 3 N–H and O–H groups in total. The Balaban J connectivity index is -0.0000000907. The third kappa shape index (κ3) is 32.5. The van der Waals surface area contributed by atoms with Crippen molar-refractivity contribution in [2.45, 2.75) is 79.2 Å². The van der Waals surface area contributed by atoms with Crippen LogP contribution in [0.3, 0.4) is 0 Å². The van der Waals surface area contributed by atoms with Crippen molar-refractivity contribution in [3.05, 3.63) is 0 Å². The molecule has 0 radical (unpaired) electrons. The van der Waals surface area contributed by atoms with Crippen molar-refractivity contribution >= 4 is 78.8 Å². The minimum absolute atomic E-state index is 0. The van der Waals surface area contributed by atoms with Gasteiger partial charge in [-0.2, -0.15) is 68.4 Å². The van der Waals surface area contributed by atoms with E-state index in [1.165, 1.54) is 24.3 Å². The van der Waals surface area contributed by atoms with Crippen LogP contribution in [0.15, 0.2) is 0 Å². The fourth-order valence-corrected chi connectivity index (χ4v) is 4.61. The van der Waals surface area contributed by atoms with E-state index < -0.39 is 37.2 Å². The lowest BCUT2D eigenvalue weighted by molar-refractivity contribution is -0.141. The third-order valence-electron chi connectivity index (χ3n) is 3.73. The zero-order valence-electron chi connectivity index (χ0n) is 21.0. The van der Waals surface area contributed by atoms with Gasteiger partial charge in [-0.1, -0.05) is 54.3 Å². The van der Waals surface area contributed by atoms with Crippen LogP contribution >= 0.6 is 37.0 Å². The Hall–Kier alpha value is 0.01000. The summed E-state index contributed by atoms with van der Waals surface area (Å²) >= 11 is 12.1. The van der Waals surface area contributed by atoms with E-state index in [1.807, 2.05) is 6.92 Å². The molecule has 0 aromatic carbocycles. The number of hydrogen-bond donors (Lipinski definition) is 5. The van der Waals surface area contributed by atoms with Gasteiger partial charge in [0.15, 0.2) is 17.1 Å². The van der Waals surface area contributed by atoms with E-state index in [1.54, 1.807) is 11.1 Å². The van der Waals surface area contributed by atoms with E-state index >= 15 is 0 Å². The Bertz CT molecular complexity index is 820. The fraction of sp³-hybridized carbons (Fsp3) is 0.900. The van der Waals surface area contributed by atoms with Gasteiger partial charge in [0.25, 0.3) is 0 Å². The molecule has 1 aliphatic rings. The van der Waals surface area contributed by atoms with Crippen molar-refractivity contribution in [1.29, 1.82) is 0 Å². The molecule has 20 heteroatoms. The number of carboxylic acid groups (broad SMARTS) is 1. The van der Waals surface area contributed by atoms with Gasteiger partial charge in [-0.15, -0.1) is 0 Å². The number of carbonyl (C=O) groups is 1. The summed E-state index contributed by atoms with van der Waals surface area (Å²) in [7, 11) is -11.7. The molecule has 0 aliphatic carbocycles. The lowest BCUT2D eigenvalue weighted by atomic mass is 10.1. The molecule has 0 aromatic rings. The quantitative estimate of drug-likeness (QED) is 0.0501. The summed E-state index contributed by atoms with van der Waals surface area (Å²) < 4.78 is 117. The van der Waals surface area contributed by atoms with Crippen LogP contribution in [0.25, 0.3) is 0 Å². The predicted octanol–water partition coefficient (Wildman–Crippen LogP) is 6.80. The molecule has 0 amide bonds. The molecule has 0 unspecified atom stereocenters. The number of carboxylic acids is 1. The summed E-state index contributed by atoms with van der Waals surface area (Å²) in [6.45, 7) is 8.16. The van der Waals surface area contributed by atoms with E-state index in [2.05, 4.69) is 62.2 Å². The van der Waals surface area contributed by atoms with E-state index in [4.69, 9.17) is 31.0 Å². The first-order valence-corrected chi connectivity index (χ1v) is 16.7. The average Bonchev–Trinajstić information content (AvgIpc) is 2.78. The molecule has 8 nitrogen and oxygen atoms in total. The molecule has 0 spiro atoms. The van der Waals surface area contributed by atoms with Crippen LogP contribution in [0.1, 0.15) is 68.2 Å². The molecule has 1 aliphatic heterocycles. The van der Waals surface area contributed by atoms with Gasteiger partial charge in [-0.05, 0) is 30.8 Å². The van der Waals surface area contributed by atoms with Crippen molar-refractivity contribution in [3.63, 3.8) is 0 Å². The van der Waals surface area contributed by atoms with Crippen LogP contribution in [0.5, 0.6) is 0 Å². The van der Waals surface area contributed by atoms with E-state index in [-0.39, 0.29) is 20.8 Å². The fourth-order valence-electron chi connectivity index (χ4n) is 1.14. The maximum absolute atomic E-state index is 10.7. The third-order valence-corrected chi connectivity index (χ3v) is 8.60. The molecular formula is C20H43F6O8S6+. The van der Waals surface area contributed by atoms with Crippen molar-refractivity contribution in [1.82, 2.24) is 0 Å². The van der Waals surface area contributed by atoms with Gasteiger partial charge in [-0.25, -0.2) is 0 Å². The molecule has 1 heterocycles. The molecule has 0 aromatic heterocycles. The molecule has 0 saturated carbocycles. The molecule has 40 heavy (non-hydrogen) atoms. The number of rotatable bonds is 6. The maximum Gasteiger partial charge on any atom is 0.522 e. The van der Waals surface area contributed by atoms with Crippen molar-refractivity contribution in [2.75, 3.05) is 23.0 Å². The summed E-state index contributed by atoms with van der Waals surface area (Å²) in [5.74, 6) is 4.57. The summed E-state index contributed by atoms with van der Waals surface area (Å²) in [4.78, 5) is 9.93. The number of hydrogen-bond acceptors (Lipinski definition) is 8. The van der Waals surface area contributed by atoms with Gasteiger partial charge in [-0.3, -0.25) is 13.9 Å². The maximum atomic E-state index is 10.7. The summed E-state index contributed by atoms with van der Waals surface area (Å²) in [5, 5.41) is 8.18. The van der Waals surface area contributed by atoms with E-state index in [0.717, 1.165) is 30.3 Å². The smallest absolute Gasteiger partial charge is 0.481 e. The molecule has 0 saturated heterocycles. The Kier molecular flexibility index (Phi) is 35.0. The van der Waals surface area contributed by atoms with Crippen molar-refractivity contribution in [2.24, 2.45) is 11.8 Å². The summed E-state index contributed by atoms with van der Waals surface area (Å²) in [6.07, 6.45) is 4.53. The normalized spacial score (nSPS) is 14.5. The van der Waals surface area contributed by atoms with Crippen LogP contribution in [-0.2, 0) is 36.4 Å². The number of aliphatic carboxylic acids is 1. The predicted molar refractivity (Wildman–Crippen MR) is 162 cm³/mol. The highest BCUT2D eigenvalue weighted by atomic mass is 32.2. The van der Waals surface area contributed by atoms with Gasteiger partial charge >= 0.3 is 37.2 Å². The van der Waals surface area contributed by atoms with Crippen LogP contribution in [-0.4, -0.2) is 75.2 Å². The molecule has 2 atom stereocenters. The zero-order chi connectivity index (χ0) is 31.4. The van der Waals surface area contributed by atoms with Gasteiger partial charge < -0.3 is 5.11 Å². The second-order valence-corrected chi connectivity index (χ2v) is 13.2. The molecule has 248 valence electrons. The van der Waals surface area contributed by atoms with Crippen molar-refractivity contribution < 1.29 is 62.2 Å². The van der Waals surface area contributed by atoms with Crippen LogP contribution in [0.4, 0.5) is 26.3 Å². The Morgan fingerprint density at radius 1 is 0.925 bits per heavy atom. The van der Waals surface area contributed by atoms with E-state index in [9.17, 15) is 31.1 Å². The van der Waals surface area contributed by atoms with Gasteiger partial charge in [0.2, 0.25) is 4.20 Å². The Morgan fingerprint density at radius 2 is 1.27 bits per heavy atom. The molecule has 0 fully saturated rings. The largest absolute Gasteiger partial charge is 0.522 e. The lowest BCUT2D eigenvalue weighted by Crippen LogP contribution is -2.21. The minimum Gasteiger partial charge on any atom is -0.481 e. The zero-order valence-corrected chi connectivity index (χ0v) is 26.0. The molecule has 1 rings (SSSR count). The van der Waals surface area contributed by atoms with Crippen LogP contribution in [0.2, 0.25) is 0 Å². The van der Waals surface area contributed by atoms with Gasteiger partial charge in [0, 0.05) is 18.1 Å². The first-order valence-electron chi connectivity index (χ1n) is 10.6. The first kappa shape index (κ1) is 52.6. The lowest BCUT2D eigenvalue weighted by Gasteiger charge is -2.06. The highest BCUT2D eigenvalue weighted by molar-refractivity contribution is 8.23. The van der Waals surface area contributed by atoms with Gasteiger partial charge in [0.05, 0.1) is 5.92 Å². The van der Waals surface area contributed by atoms with E-state index in [0.29, 0.717) is 0 Å². The first-order chi connectivity index (χ1) is 16.9. The van der Waals surface area contributed by atoms with Crippen LogP contribution in [0, 0.1) is 11.8 Å². The topological polar surface area (TPSA) is 146 Å². The summed E-state index contributed by atoms with van der Waals surface area (Å²) in [5.41, 5.74) is -11.1. The second kappa shape index (κ2) is 26.6. The van der Waals surface area contributed by atoms with Crippen molar-refractivity contribution in [3.8, 4) is 0 Å². The van der Waals surface area contributed by atoms with Gasteiger partial charge in [0.1, 0.15) is 0 Å². The monoisotopic (exact) mass is 717 g/mol.